The van der Waals surface area contributed by atoms with Crippen LogP contribution in [0.15, 0.2) is 55.0 Å². The molecule has 0 saturated carbocycles. The van der Waals surface area contributed by atoms with Gasteiger partial charge in [-0.25, -0.2) is 0 Å². The lowest BCUT2D eigenvalue weighted by atomic mass is 9.88. The van der Waals surface area contributed by atoms with E-state index in [9.17, 15) is 9.90 Å². The Morgan fingerprint density at radius 2 is 1.84 bits per heavy atom. The molecule has 0 bridgehead atoms. The van der Waals surface area contributed by atoms with E-state index in [0.717, 1.165) is 33.5 Å². The van der Waals surface area contributed by atoms with Gasteiger partial charge in [-0.3, -0.25) is 14.8 Å². The van der Waals surface area contributed by atoms with Crippen LogP contribution < -0.4 is 0 Å². The molecule has 162 valence electrons. The summed E-state index contributed by atoms with van der Waals surface area (Å²) < 4.78 is 5.20. The van der Waals surface area contributed by atoms with E-state index in [2.05, 4.69) is 9.97 Å². The van der Waals surface area contributed by atoms with Crippen LogP contribution in [0, 0.1) is 0 Å². The van der Waals surface area contributed by atoms with Crippen molar-refractivity contribution >= 4 is 17.6 Å². The summed E-state index contributed by atoms with van der Waals surface area (Å²) >= 11 is 6.54. The van der Waals surface area contributed by atoms with Crippen molar-refractivity contribution in [3.05, 3.63) is 71.3 Å². The quantitative estimate of drug-likeness (QED) is 0.511. The Hall–Kier alpha value is -2.76. The average Bonchev–Trinajstić information content (AvgIpc) is 2.73. The third-order valence-electron chi connectivity index (χ3n) is 4.98. The van der Waals surface area contributed by atoms with Crippen molar-refractivity contribution in [2.75, 3.05) is 6.61 Å². The second-order valence-electron chi connectivity index (χ2n) is 8.46. The van der Waals surface area contributed by atoms with Crippen molar-refractivity contribution in [3.63, 3.8) is 0 Å². The number of aromatic nitrogens is 2. The predicted molar refractivity (Wildman–Crippen MR) is 123 cm³/mol. The summed E-state index contributed by atoms with van der Waals surface area (Å²) in [6.07, 6.45) is 5.33. The fourth-order valence-corrected chi connectivity index (χ4v) is 3.49. The fraction of sp³-hybridized carbons (Fsp3) is 0.320. The van der Waals surface area contributed by atoms with Crippen LogP contribution in [0.4, 0.5) is 0 Å². The van der Waals surface area contributed by atoms with Crippen LogP contribution in [0.5, 0.6) is 0 Å². The fourth-order valence-electron chi connectivity index (χ4n) is 3.18. The number of halogens is 1. The van der Waals surface area contributed by atoms with Gasteiger partial charge in [-0.1, -0.05) is 37.6 Å². The van der Waals surface area contributed by atoms with Gasteiger partial charge in [0.15, 0.2) is 0 Å². The molecule has 6 heteroatoms. The Labute approximate surface area is 188 Å². The zero-order valence-corrected chi connectivity index (χ0v) is 19.0. The summed E-state index contributed by atoms with van der Waals surface area (Å²) in [7, 11) is 0. The Balaban J connectivity index is 1.89. The lowest BCUT2D eigenvalue weighted by Gasteiger charge is -2.21. The number of carbonyl (C=O) groups excluding carboxylic acids is 1. The van der Waals surface area contributed by atoms with Gasteiger partial charge in [0.2, 0.25) is 0 Å². The number of esters is 1. The molecule has 3 rings (SSSR count). The standard InChI is InChI=1S/C25H27ClN2O3/c1-16(2)31-24(30)10-17-5-6-21(22(26)9-17)20-11-19(13-27-14-20)18-7-8-28-23(12-18)25(3,4)15-29/h5-9,11-14,16,29H,10,15H2,1-4H3. The largest absolute Gasteiger partial charge is 0.463 e. The van der Waals surface area contributed by atoms with Crippen LogP contribution in [-0.4, -0.2) is 33.8 Å². The first-order valence-electron chi connectivity index (χ1n) is 10.2. The SMILES string of the molecule is CC(C)OC(=O)Cc1ccc(-c2cncc(-c3ccnc(C(C)(C)CO)c3)c2)c(Cl)c1. The lowest BCUT2D eigenvalue weighted by molar-refractivity contribution is -0.146. The van der Waals surface area contributed by atoms with Crippen molar-refractivity contribution in [2.45, 2.75) is 45.6 Å². The molecule has 0 aliphatic rings. The van der Waals surface area contributed by atoms with Crippen LogP contribution in [0.3, 0.4) is 0 Å². The lowest BCUT2D eigenvalue weighted by Crippen LogP contribution is -2.23. The van der Waals surface area contributed by atoms with E-state index in [0.29, 0.717) is 5.02 Å². The Kier molecular flexibility index (Phi) is 7.08. The molecule has 0 radical (unpaired) electrons. The van der Waals surface area contributed by atoms with E-state index in [1.165, 1.54) is 0 Å². The van der Waals surface area contributed by atoms with Crippen molar-refractivity contribution in [1.82, 2.24) is 9.97 Å². The van der Waals surface area contributed by atoms with Gasteiger partial charge in [-0.05, 0) is 49.2 Å². The predicted octanol–water partition coefficient (Wildman–Crippen LogP) is 5.23. The average molecular weight is 439 g/mol. The minimum atomic E-state index is -0.434. The van der Waals surface area contributed by atoms with Crippen LogP contribution in [0.25, 0.3) is 22.3 Å². The molecule has 3 aromatic rings. The smallest absolute Gasteiger partial charge is 0.310 e. The van der Waals surface area contributed by atoms with E-state index in [1.54, 1.807) is 24.7 Å². The first-order chi connectivity index (χ1) is 14.7. The molecule has 0 unspecified atom stereocenters. The highest BCUT2D eigenvalue weighted by atomic mass is 35.5. The number of rotatable bonds is 7. The number of ether oxygens (including phenoxy) is 1. The highest BCUT2D eigenvalue weighted by molar-refractivity contribution is 6.33. The number of nitrogens with zero attached hydrogens (tertiary/aromatic N) is 2. The van der Waals surface area contributed by atoms with E-state index < -0.39 is 5.41 Å². The third-order valence-corrected chi connectivity index (χ3v) is 5.29. The first-order valence-corrected chi connectivity index (χ1v) is 10.6. The van der Waals surface area contributed by atoms with Gasteiger partial charge >= 0.3 is 5.97 Å². The molecule has 0 saturated heterocycles. The molecule has 0 spiro atoms. The maximum atomic E-state index is 11.9. The molecule has 0 atom stereocenters. The van der Waals surface area contributed by atoms with Gasteiger partial charge in [-0.2, -0.15) is 0 Å². The van der Waals surface area contributed by atoms with Gasteiger partial charge in [0.25, 0.3) is 0 Å². The van der Waals surface area contributed by atoms with Crippen molar-refractivity contribution in [2.24, 2.45) is 0 Å². The van der Waals surface area contributed by atoms with Crippen molar-refractivity contribution < 1.29 is 14.6 Å². The zero-order chi connectivity index (χ0) is 22.6. The second kappa shape index (κ2) is 9.58. The van der Waals surface area contributed by atoms with Crippen molar-refractivity contribution in [3.8, 4) is 22.3 Å². The monoisotopic (exact) mass is 438 g/mol. The number of hydrogen-bond acceptors (Lipinski definition) is 5. The summed E-state index contributed by atoms with van der Waals surface area (Å²) in [6.45, 7) is 7.56. The normalized spacial score (nSPS) is 11.6. The van der Waals surface area contributed by atoms with Crippen LogP contribution >= 0.6 is 11.6 Å². The molecule has 1 aromatic carbocycles. The Morgan fingerprint density at radius 1 is 1.10 bits per heavy atom. The zero-order valence-electron chi connectivity index (χ0n) is 18.2. The maximum Gasteiger partial charge on any atom is 0.310 e. The first kappa shape index (κ1) is 22.9. The molecule has 1 N–H and O–H groups in total. The van der Waals surface area contributed by atoms with Crippen LogP contribution in [-0.2, 0) is 21.4 Å². The number of carbonyl (C=O) groups is 1. The highest BCUT2D eigenvalue weighted by Gasteiger charge is 2.21. The minimum Gasteiger partial charge on any atom is -0.463 e. The summed E-state index contributed by atoms with van der Waals surface area (Å²) in [4.78, 5) is 20.7. The van der Waals surface area contributed by atoms with E-state index >= 15 is 0 Å². The molecule has 2 aromatic heterocycles. The molecule has 0 amide bonds. The Bertz CT molecular complexity index is 1080. The second-order valence-corrected chi connectivity index (χ2v) is 8.87. The Morgan fingerprint density at radius 3 is 2.52 bits per heavy atom. The molecule has 0 aliphatic carbocycles. The molecule has 0 fully saturated rings. The van der Waals surface area contributed by atoms with E-state index in [-0.39, 0.29) is 25.1 Å². The highest BCUT2D eigenvalue weighted by Crippen LogP contribution is 2.32. The maximum absolute atomic E-state index is 11.9. The van der Waals surface area contributed by atoms with E-state index in [4.69, 9.17) is 16.3 Å². The van der Waals surface area contributed by atoms with Gasteiger partial charge < -0.3 is 9.84 Å². The van der Waals surface area contributed by atoms with Gasteiger partial charge in [0.05, 0.1) is 19.1 Å². The van der Waals surface area contributed by atoms with Gasteiger partial charge in [0.1, 0.15) is 0 Å². The molecule has 2 heterocycles. The topological polar surface area (TPSA) is 72.3 Å². The summed E-state index contributed by atoms with van der Waals surface area (Å²) in [5.41, 5.74) is 4.78. The summed E-state index contributed by atoms with van der Waals surface area (Å²) in [5.74, 6) is -0.276. The van der Waals surface area contributed by atoms with Crippen LogP contribution in [0.1, 0.15) is 39.0 Å². The number of aliphatic hydroxyl groups excluding tert-OH is 1. The summed E-state index contributed by atoms with van der Waals surface area (Å²) in [6, 6.07) is 11.5. The van der Waals surface area contributed by atoms with E-state index in [1.807, 2.05) is 58.0 Å². The molecule has 0 aliphatic heterocycles. The third kappa shape index (κ3) is 5.69. The minimum absolute atomic E-state index is 0.00834. The number of benzene rings is 1. The molecule has 5 nitrogen and oxygen atoms in total. The van der Waals surface area contributed by atoms with Gasteiger partial charge in [-0.15, -0.1) is 0 Å². The number of hydrogen-bond donors (Lipinski definition) is 1. The molecular weight excluding hydrogens is 412 g/mol. The summed E-state index contributed by atoms with van der Waals surface area (Å²) in [5, 5.41) is 10.2. The van der Waals surface area contributed by atoms with Gasteiger partial charge in [0, 0.05) is 51.4 Å². The van der Waals surface area contributed by atoms with Crippen LogP contribution in [0.2, 0.25) is 5.02 Å². The molecular formula is C25H27ClN2O3. The number of pyridine rings is 2. The van der Waals surface area contributed by atoms with Crippen molar-refractivity contribution in [1.29, 1.82) is 0 Å². The number of aliphatic hydroxyl groups is 1. The molecule has 31 heavy (non-hydrogen) atoms.